The Morgan fingerprint density at radius 3 is 2.75 bits per heavy atom. The molecule has 2 aromatic carbocycles. The number of nitrogens with one attached hydrogen (secondary N) is 1. The average molecular weight is 388 g/mol. The van der Waals surface area contributed by atoms with Crippen LogP contribution in [-0.2, 0) is 7.05 Å². The minimum absolute atomic E-state index is 0.216. The number of anilines is 1. The van der Waals surface area contributed by atoms with Gasteiger partial charge in [0.25, 0.3) is 5.91 Å². The van der Waals surface area contributed by atoms with Crippen LogP contribution in [-0.4, -0.2) is 33.2 Å². The molecule has 0 saturated carbocycles. The van der Waals surface area contributed by atoms with Gasteiger partial charge in [-0.3, -0.25) is 4.79 Å². The van der Waals surface area contributed by atoms with E-state index in [1.54, 1.807) is 37.0 Å². The molecule has 0 bridgehead atoms. The summed E-state index contributed by atoms with van der Waals surface area (Å²) in [6.45, 7) is 0. The molecule has 0 unspecified atom stereocenters. The Kier molecular flexibility index (Phi) is 4.57. The van der Waals surface area contributed by atoms with Crippen molar-refractivity contribution in [2.24, 2.45) is 7.05 Å². The molecule has 1 N–H and O–H groups in total. The third kappa shape index (κ3) is 3.28. The molecule has 1 heterocycles. The summed E-state index contributed by atoms with van der Waals surface area (Å²) in [6.07, 6.45) is 0. The van der Waals surface area contributed by atoms with Crippen LogP contribution >= 0.6 is 15.9 Å². The van der Waals surface area contributed by atoms with Crippen LogP contribution < -0.4 is 10.1 Å². The first-order valence-electron chi connectivity index (χ1n) is 7.06. The summed E-state index contributed by atoms with van der Waals surface area (Å²) in [6, 6.07) is 12.5. The van der Waals surface area contributed by atoms with E-state index in [0.29, 0.717) is 22.8 Å². The molecule has 8 heteroatoms. The number of benzene rings is 2. The molecular formula is C16H14BrN5O2. The van der Waals surface area contributed by atoms with Gasteiger partial charge >= 0.3 is 0 Å². The van der Waals surface area contributed by atoms with E-state index in [1.807, 2.05) is 24.3 Å². The number of methoxy groups -OCH3 is 1. The van der Waals surface area contributed by atoms with E-state index in [9.17, 15) is 4.79 Å². The molecule has 3 rings (SSSR count). The number of tetrazole rings is 1. The molecule has 0 atom stereocenters. The highest BCUT2D eigenvalue weighted by Gasteiger charge is 2.11. The van der Waals surface area contributed by atoms with Gasteiger partial charge in [0.2, 0.25) is 0 Å². The zero-order valence-electron chi connectivity index (χ0n) is 13.0. The van der Waals surface area contributed by atoms with E-state index >= 15 is 0 Å². The lowest BCUT2D eigenvalue weighted by Gasteiger charge is -2.09. The second-order valence-corrected chi connectivity index (χ2v) is 5.86. The Balaban J connectivity index is 1.82. The fourth-order valence-corrected chi connectivity index (χ4v) is 2.76. The Morgan fingerprint density at radius 1 is 1.25 bits per heavy atom. The third-order valence-electron chi connectivity index (χ3n) is 3.41. The fourth-order valence-electron chi connectivity index (χ4n) is 2.22. The molecule has 0 radical (unpaired) electrons. The number of halogens is 1. The van der Waals surface area contributed by atoms with Crippen molar-refractivity contribution in [1.82, 2.24) is 20.2 Å². The highest BCUT2D eigenvalue weighted by molar-refractivity contribution is 9.10. The maximum Gasteiger partial charge on any atom is 0.255 e. The Morgan fingerprint density at radius 2 is 2.08 bits per heavy atom. The molecular weight excluding hydrogens is 374 g/mol. The van der Waals surface area contributed by atoms with Gasteiger partial charge in [0.1, 0.15) is 5.75 Å². The minimum Gasteiger partial charge on any atom is -0.496 e. The van der Waals surface area contributed by atoms with Crippen LogP contribution in [0.3, 0.4) is 0 Å². The van der Waals surface area contributed by atoms with Crippen LogP contribution in [0.5, 0.6) is 5.75 Å². The lowest BCUT2D eigenvalue weighted by atomic mass is 10.1. The zero-order chi connectivity index (χ0) is 17.1. The van der Waals surface area contributed by atoms with Gasteiger partial charge in [-0.2, -0.15) is 0 Å². The van der Waals surface area contributed by atoms with E-state index in [2.05, 4.69) is 36.8 Å². The number of hydrogen-bond acceptors (Lipinski definition) is 5. The van der Waals surface area contributed by atoms with Crippen LogP contribution in [0.4, 0.5) is 5.69 Å². The minimum atomic E-state index is -0.216. The third-order valence-corrected chi connectivity index (χ3v) is 4.03. The summed E-state index contributed by atoms with van der Waals surface area (Å²) in [4.78, 5) is 12.4. The Hall–Kier alpha value is -2.74. The van der Waals surface area contributed by atoms with Gasteiger partial charge in [-0.1, -0.05) is 12.1 Å². The van der Waals surface area contributed by atoms with E-state index in [0.717, 1.165) is 10.0 Å². The largest absolute Gasteiger partial charge is 0.496 e. The molecule has 3 aromatic rings. The van der Waals surface area contributed by atoms with Crippen molar-refractivity contribution in [1.29, 1.82) is 0 Å². The highest BCUT2D eigenvalue weighted by atomic mass is 79.9. The van der Waals surface area contributed by atoms with Crippen molar-refractivity contribution in [2.45, 2.75) is 0 Å². The number of rotatable bonds is 4. The lowest BCUT2D eigenvalue weighted by molar-refractivity contribution is 0.102. The molecule has 0 saturated heterocycles. The summed E-state index contributed by atoms with van der Waals surface area (Å²) in [7, 11) is 3.34. The first-order valence-corrected chi connectivity index (χ1v) is 7.85. The van der Waals surface area contributed by atoms with Gasteiger partial charge in [-0.05, 0) is 56.7 Å². The summed E-state index contributed by atoms with van der Waals surface area (Å²) in [5.74, 6) is 1.08. The summed E-state index contributed by atoms with van der Waals surface area (Å²) in [5.41, 5.74) is 2.00. The van der Waals surface area contributed by atoms with E-state index < -0.39 is 0 Å². The molecule has 0 spiro atoms. The van der Waals surface area contributed by atoms with E-state index in [-0.39, 0.29) is 5.91 Å². The van der Waals surface area contributed by atoms with Crippen molar-refractivity contribution in [2.75, 3.05) is 12.4 Å². The quantitative estimate of drug-likeness (QED) is 0.743. The van der Waals surface area contributed by atoms with Gasteiger partial charge < -0.3 is 10.1 Å². The van der Waals surface area contributed by atoms with Crippen LogP contribution in [0.25, 0.3) is 11.4 Å². The predicted octanol–water partition coefficient (Wildman–Crippen LogP) is 2.90. The van der Waals surface area contributed by atoms with Gasteiger partial charge in [-0.15, -0.1) is 5.10 Å². The standard InChI is InChI=1S/C16H14BrN5O2/c1-22-15(19-20-21-22)10-4-3-5-12(8-10)18-16(23)11-6-7-14(24-2)13(17)9-11/h3-9H,1-2H3,(H,18,23). The topological polar surface area (TPSA) is 81.9 Å². The van der Waals surface area contributed by atoms with Gasteiger partial charge in [0.15, 0.2) is 5.82 Å². The monoisotopic (exact) mass is 387 g/mol. The lowest BCUT2D eigenvalue weighted by Crippen LogP contribution is -2.12. The summed E-state index contributed by atoms with van der Waals surface area (Å²) in [5, 5.41) is 14.3. The number of nitrogens with zero attached hydrogens (tertiary/aromatic N) is 4. The van der Waals surface area contributed by atoms with Crippen molar-refractivity contribution in [3.05, 3.63) is 52.5 Å². The normalized spacial score (nSPS) is 10.5. The van der Waals surface area contributed by atoms with Gasteiger partial charge in [0.05, 0.1) is 11.6 Å². The van der Waals surface area contributed by atoms with Crippen molar-refractivity contribution in [3.63, 3.8) is 0 Å². The highest BCUT2D eigenvalue weighted by Crippen LogP contribution is 2.26. The number of aryl methyl sites for hydroxylation is 1. The van der Waals surface area contributed by atoms with E-state index in [4.69, 9.17) is 4.74 Å². The first-order chi connectivity index (χ1) is 11.6. The number of hydrogen-bond donors (Lipinski definition) is 1. The molecule has 0 fully saturated rings. The number of carbonyl (C=O) groups excluding carboxylic acids is 1. The summed E-state index contributed by atoms with van der Waals surface area (Å²) < 4.78 is 7.46. The Labute approximate surface area is 146 Å². The molecule has 1 amide bonds. The van der Waals surface area contributed by atoms with Crippen molar-refractivity contribution in [3.8, 4) is 17.1 Å². The first kappa shape index (κ1) is 16.1. The molecule has 0 aliphatic rings. The maximum atomic E-state index is 12.4. The van der Waals surface area contributed by atoms with Crippen LogP contribution in [0.1, 0.15) is 10.4 Å². The zero-order valence-corrected chi connectivity index (χ0v) is 14.6. The SMILES string of the molecule is COc1ccc(C(=O)Nc2cccc(-c3nnnn3C)c2)cc1Br. The second-order valence-electron chi connectivity index (χ2n) is 5.01. The van der Waals surface area contributed by atoms with Gasteiger partial charge in [0, 0.05) is 23.9 Å². The van der Waals surface area contributed by atoms with Crippen molar-refractivity contribution >= 4 is 27.5 Å². The van der Waals surface area contributed by atoms with Crippen LogP contribution in [0, 0.1) is 0 Å². The predicted molar refractivity (Wildman–Crippen MR) is 92.9 cm³/mol. The van der Waals surface area contributed by atoms with Crippen molar-refractivity contribution < 1.29 is 9.53 Å². The van der Waals surface area contributed by atoms with Gasteiger partial charge in [-0.25, -0.2) is 4.68 Å². The number of ether oxygens (including phenoxy) is 1. The fraction of sp³-hybridized carbons (Fsp3) is 0.125. The molecule has 0 aliphatic heterocycles. The molecule has 1 aromatic heterocycles. The second kappa shape index (κ2) is 6.79. The number of carbonyl (C=O) groups is 1. The molecule has 24 heavy (non-hydrogen) atoms. The molecule has 0 aliphatic carbocycles. The van der Waals surface area contributed by atoms with Crippen LogP contribution in [0.15, 0.2) is 46.9 Å². The smallest absolute Gasteiger partial charge is 0.255 e. The molecule has 7 nitrogen and oxygen atoms in total. The summed E-state index contributed by atoms with van der Waals surface area (Å²) >= 11 is 3.38. The number of aromatic nitrogens is 4. The average Bonchev–Trinajstić information content (AvgIpc) is 3.01. The number of amides is 1. The molecule has 122 valence electrons. The van der Waals surface area contributed by atoms with E-state index in [1.165, 1.54) is 0 Å². The maximum absolute atomic E-state index is 12.4. The van der Waals surface area contributed by atoms with Crippen LogP contribution in [0.2, 0.25) is 0 Å². The Bertz CT molecular complexity index is 894.